The summed E-state index contributed by atoms with van der Waals surface area (Å²) >= 11 is 1.63. The Morgan fingerprint density at radius 2 is 2.18 bits per heavy atom. The van der Waals surface area contributed by atoms with E-state index in [0.717, 1.165) is 29.8 Å². The normalized spacial score (nSPS) is 23.6. The van der Waals surface area contributed by atoms with Gasteiger partial charge in [-0.25, -0.2) is 0 Å². The van der Waals surface area contributed by atoms with Crippen LogP contribution in [0.2, 0.25) is 0 Å². The molecule has 1 aliphatic carbocycles. The number of benzene rings is 1. The molecule has 0 spiro atoms. The lowest BCUT2D eigenvalue weighted by Crippen LogP contribution is -2.34. The maximum Gasteiger partial charge on any atom is 0.229 e. The number of thioether (sulfide) groups is 1. The lowest BCUT2D eigenvalue weighted by molar-refractivity contribution is -0.120. The van der Waals surface area contributed by atoms with Crippen LogP contribution in [0, 0.1) is 5.92 Å². The Labute approximate surface area is 106 Å². The van der Waals surface area contributed by atoms with E-state index in [4.69, 9.17) is 5.73 Å². The van der Waals surface area contributed by atoms with Gasteiger partial charge < -0.3 is 11.1 Å². The third-order valence-electron chi connectivity index (χ3n) is 3.27. The zero-order valence-corrected chi connectivity index (χ0v) is 10.8. The van der Waals surface area contributed by atoms with Crippen molar-refractivity contribution in [2.45, 2.75) is 30.2 Å². The SMILES string of the molecule is CSc1ccccc1NC(=O)C1CCCC1N. The molecule has 0 saturated heterocycles. The molecule has 3 nitrogen and oxygen atoms in total. The first-order chi connectivity index (χ1) is 8.22. The fourth-order valence-electron chi connectivity index (χ4n) is 2.29. The first-order valence-electron chi connectivity index (χ1n) is 5.92. The lowest BCUT2D eigenvalue weighted by Gasteiger charge is -2.16. The number of nitrogens with two attached hydrogens (primary N) is 1. The van der Waals surface area contributed by atoms with Crippen molar-refractivity contribution >= 4 is 23.4 Å². The molecule has 0 aromatic heterocycles. The van der Waals surface area contributed by atoms with Gasteiger partial charge in [-0.2, -0.15) is 0 Å². The van der Waals surface area contributed by atoms with Crippen LogP contribution in [0.3, 0.4) is 0 Å². The number of hydrogen-bond acceptors (Lipinski definition) is 3. The summed E-state index contributed by atoms with van der Waals surface area (Å²) in [7, 11) is 0. The predicted molar refractivity (Wildman–Crippen MR) is 72.2 cm³/mol. The van der Waals surface area contributed by atoms with Crippen LogP contribution in [0.1, 0.15) is 19.3 Å². The Morgan fingerprint density at radius 1 is 1.41 bits per heavy atom. The minimum atomic E-state index is -0.0232. The molecule has 1 aromatic carbocycles. The van der Waals surface area contributed by atoms with E-state index in [1.165, 1.54) is 0 Å². The summed E-state index contributed by atoms with van der Waals surface area (Å²) < 4.78 is 0. The van der Waals surface area contributed by atoms with Crippen molar-refractivity contribution in [2.24, 2.45) is 11.7 Å². The van der Waals surface area contributed by atoms with Gasteiger partial charge in [-0.1, -0.05) is 18.6 Å². The van der Waals surface area contributed by atoms with Gasteiger partial charge in [0.2, 0.25) is 5.91 Å². The van der Waals surface area contributed by atoms with Crippen molar-refractivity contribution in [1.82, 2.24) is 0 Å². The molecule has 3 N–H and O–H groups in total. The van der Waals surface area contributed by atoms with Crippen molar-refractivity contribution < 1.29 is 4.79 Å². The van der Waals surface area contributed by atoms with E-state index in [1.54, 1.807) is 11.8 Å². The highest BCUT2D eigenvalue weighted by Crippen LogP contribution is 2.28. The van der Waals surface area contributed by atoms with Crippen molar-refractivity contribution in [2.75, 3.05) is 11.6 Å². The quantitative estimate of drug-likeness (QED) is 0.810. The van der Waals surface area contributed by atoms with Crippen molar-refractivity contribution in [1.29, 1.82) is 0 Å². The van der Waals surface area contributed by atoms with Gasteiger partial charge >= 0.3 is 0 Å². The van der Waals surface area contributed by atoms with E-state index >= 15 is 0 Å². The molecule has 0 bridgehead atoms. The lowest BCUT2D eigenvalue weighted by atomic mass is 10.0. The van der Waals surface area contributed by atoms with Crippen LogP contribution in [0.5, 0.6) is 0 Å². The van der Waals surface area contributed by atoms with E-state index < -0.39 is 0 Å². The van der Waals surface area contributed by atoms with E-state index in [2.05, 4.69) is 5.32 Å². The predicted octanol–water partition coefficient (Wildman–Crippen LogP) is 2.47. The molecular weight excluding hydrogens is 232 g/mol. The second-order valence-electron chi connectivity index (χ2n) is 4.39. The fourth-order valence-corrected chi connectivity index (χ4v) is 2.84. The first-order valence-corrected chi connectivity index (χ1v) is 7.14. The number of para-hydroxylation sites is 1. The zero-order chi connectivity index (χ0) is 12.3. The molecule has 17 heavy (non-hydrogen) atoms. The van der Waals surface area contributed by atoms with Gasteiger partial charge in [0.1, 0.15) is 0 Å². The van der Waals surface area contributed by atoms with Gasteiger partial charge in [-0.15, -0.1) is 11.8 Å². The molecular formula is C13H18N2OS. The molecule has 1 fully saturated rings. The Balaban J connectivity index is 2.07. The Morgan fingerprint density at radius 3 is 2.82 bits per heavy atom. The van der Waals surface area contributed by atoms with E-state index in [1.807, 2.05) is 30.5 Å². The van der Waals surface area contributed by atoms with Crippen LogP contribution in [-0.4, -0.2) is 18.2 Å². The molecule has 0 aliphatic heterocycles. The van der Waals surface area contributed by atoms with Gasteiger partial charge in [0.25, 0.3) is 0 Å². The first kappa shape index (κ1) is 12.5. The van der Waals surface area contributed by atoms with E-state index in [-0.39, 0.29) is 17.9 Å². The van der Waals surface area contributed by atoms with Gasteiger partial charge in [0.15, 0.2) is 0 Å². The minimum Gasteiger partial charge on any atom is -0.327 e. The largest absolute Gasteiger partial charge is 0.327 e. The second-order valence-corrected chi connectivity index (χ2v) is 5.24. The summed E-state index contributed by atoms with van der Waals surface area (Å²) in [6.45, 7) is 0. The smallest absolute Gasteiger partial charge is 0.229 e. The summed E-state index contributed by atoms with van der Waals surface area (Å²) in [6, 6.07) is 7.88. The van der Waals surface area contributed by atoms with Crippen molar-refractivity contribution in [3.05, 3.63) is 24.3 Å². The van der Waals surface area contributed by atoms with E-state index in [0.29, 0.717) is 0 Å². The summed E-state index contributed by atoms with van der Waals surface area (Å²) in [4.78, 5) is 13.2. The van der Waals surface area contributed by atoms with Gasteiger partial charge in [0.05, 0.1) is 11.6 Å². The standard InChI is InChI=1S/C13H18N2OS/c1-17-12-8-3-2-7-11(12)15-13(16)9-5-4-6-10(9)14/h2-3,7-10H,4-6,14H2,1H3,(H,15,16). The van der Waals surface area contributed by atoms with Crippen LogP contribution < -0.4 is 11.1 Å². The highest BCUT2D eigenvalue weighted by Gasteiger charge is 2.30. The summed E-state index contributed by atoms with van der Waals surface area (Å²) in [6.07, 6.45) is 4.94. The van der Waals surface area contributed by atoms with Gasteiger partial charge in [-0.3, -0.25) is 4.79 Å². The molecule has 0 radical (unpaired) electrons. The fraction of sp³-hybridized carbons (Fsp3) is 0.462. The monoisotopic (exact) mass is 250 g/mol. The van der Waals surface area contributed by atoms with Crippen LogP contribution in [0.4, 0.5) is 5.69 Å². The highest BCUT2D eigenvalue weighted by molar-refractivity contribution is 7.98. The third kappa shape index (κ3) is 2.82. The van der Waals surface area contributed by atoms with Crippen molar-refractivity contribution in [3.63, 3.8) is 0 Å². The summed E-state index contributed by atoms with van der Waals surface area (Å²) in [5.74, 6) is 0.0430. The van der Waals surface area contributed by atoms with Gasteiger partial charge in [0, 0.05) is 10.9 Å². The molecule has 1 aliphatic rings. The number of amides is 1. The minimum absolute atomic E-state index is 0.0232. The van der Waals surface area contributed by atoms with Crippen molar-refractivity contribution in [3.8, 4) is 0 Å². The molecule has 1 aromatic rings. The number of rotatable bonds is 3. The molecule has 2 rings (SSSR count). The van der Waals surface area contributed by atoms with Crippen LogP contribution in [0.25, 0.3) is 0 Å². The van der Waals surface area contributed by atoms with Gasteiger partial charge in [-0.05, 0) is 31.2 Å². The maximum absolute atomic E-state index is 12.1. The third-order valence-corrected chi connectivity index (χ3v) is 4.07. The molecule has 0 heterocycles. The molecule has 1 saturated carbocycles. The molecule has 2 unspecified atom stereocenters. The van der Waals surface area contributed by atoms with E-state index in [9.17, 15) is 4.79 Å². The van der Waals surface area contributed by atoms with Crippen LogP contribution in [-0.2, 0) is 4.79 Å². The van der Waals surface area contributed by atoms with Crippen LogP contribution >= 0.6 is 11.8 Å². The maximum atomic E-state index is 12.1. The highest BCUT2D eigenvalue weighted by atomic mass is 32.2. The summed E-state index contributed by atoms with van der Waals surface area (Å²) in [5, 5.41) is 2.99. The molecule has 1 amide bonds. The Bertz CT molecular complexity index is 408. The number of carbonyl (C=O) groups excluding carboxylic acids is 1. The Kier molecular flexibility index (Phi) is 4.07. The molecule has 92 valence electrons. The Hall–Kier alpha value is -1.00. The average molecular weight is 250 g/mol. The average Bonchev–Trinajstić information content (AvgIpc) is 2.76. The zero-order valence-electron chi connectivity index (χ0n) is 9.98. The molecule has 4 heteroatoms. The number of anilines is 1. The number of nitrogens with one attached hydrogen (secondary N) is 1. The number of hydrogen-bond donors (Lipinski definition) is 2. The molecule has 2 atom stereocenters. The second kappa shape index (κ2) is 5.56. The topological polar surface area (TPSA) is 55.1 Å². The summed E-state index contributed by atoms with van der Waals surface area (Å²) in [5.41, 5.74) is 6.83. The van der Waals surface area contributed by atoms with Crippen LogP contribution in [0.15, 0.2) is 29.2 Å². The number of carbonyl (C=O) groups is 1.